The lowest BCUT2D eigenvalue weighted by Gasteiger charge is -2.15. The van der Waals surface area contributed by atoms with Gasteiger partial charge in [-0.3, -0.25) is 4.79 Å². The van der Waals surface area contributed by atoms with Crippen molar-refractivity contribution >= 4 is 50.4 Å². The number of anilines is 1. The van der Waals surface area contributed by atoms with Crippen molar-refractivity contribution in [3.05, 3.63) is 86.8 Å². The zero-order valence-electron chi connectivity index (χ0n) is 18.7. The van der Waals surface area contributed by atoms with Crippen LogP contribution in [0.15, 0.2) is 71.1 Å². The predicted octanol–water partition coefficient (Wildman–Crippen LogP) is 5.45. The molecule has 0 unspecified atom stereocenters. The molecule has 3 aromatic rings. The van der Waals surface area contributed by atoms with Crippen molar-refractivity contribution in [3.63, 3.8) is 0 Å². The first-order chi connectivity index (χ1) is 16.6. The van der Waals surface area contributed by atoms with E-state index in [0.717, 1.165) is 5.56 Å². The van der Waals surface area contributed by atoms with Crippen LogP contribution in [0.3, 0.4) is 0 Å². The minimum Gasteiger partial charge on any atom is -0.490 e. The van der Waals surface area contributed by atoms with Gasteiger partial charge in [0.05, 0.1) is 15.9 Å². The van der Waals surface area contributed by atoms with E-state index >= 15 is 0 Å². The molecule has 180 valence electrons. The van der Waals surface area contributed by atoms with Crippen LogP contribution in [0.5, 0.6) is 11.5 Å². The summed E-state index contributed by atoms with van der Waals surface area (Å²) in [6.45, 7) is 3.77. The summed E-state index contributed by atoms with van der Waals surface area (Å²) in [6, 6.07) is 16.6. The molecule has 35 heavy (non-hydrogen) atoms. The van der Waals surface area contributed by atoms with E-state index in [0.29, 0.717) is 9.13 Å². The normalized spacial score (nSPS) is 11.5. The smallest absolute Gasteiger partial charge is 0.339 e. The fourth-order valence-electron chi connectivity index (χ4n) is 2.95. The Morgan fingerprint density at radius 1 is 1.17 bits per heavy atom. The Morgan fingerprint density at radius 3 is 2.49 bits per heavy atom. The fraction of sp³-hybridized carbons (Fsp3) is 0.120. The molecule has 3 aromatic carbocycles. The van der Waals surface area contributed by atoms with Gasteiger partial charge in [0.2, 0.25) is 0 Å². The highest BCUT2D eigenvalue weighted by Gasteiger charge is 2.22. The van der Waals surface area contributed by atoms with E-state index < -0.39 is 21.8 Å². The van der Waals surface area contributed by atoms with Crippen LogP contribution in [0.2, 0.25) is 0 Å². The van der Waals surface area contributed by atoms with Crippen molar-refractivity contribution in [2.75, 3.05) is 11.9 Å². The summed E-state index contributed by atoms with van der Waals surface area (Å²) >= 11 is 1.88. The second-order valence-electron chi connectivity index (χ2n) is 7.22. The van der Waals surface area contributed by atoms with Gasteiger partial charge in [0.1, 0.15) is 22.4 Å². The number of hydrogen-bond acceptors (Lipinski definition) is 6. The number of benzene rings is 3. The number of ether oxygens (including phenoxy) is 1. The van der Waals surface area contributed by atoms with Crippen molar-refractivity contribution in [2.24, 2.45) is 0 Å². The number of halogens is 2. The average molecular weight is 606 g/mol. The quantitative estimate of drug-likeness (QED) is 0.158. The lowest BCUT2D eigenvalue weighted by molar-refractivity contribution is -0.112. The number of aryl methyl sites for hydroxylation is 1. The van der Waals surface area contributed by atoms with Gasteiger partial charge in [-0.1, -0.05) is 29.8 Å². The van der Waals surface area contributed by atoms with E-state index in [1.807, 2.05) is 29.5 Å². The highest BCUT2D eigenvalue weighted by atomic mass is 127. The van der Waals surface area contributed by atoms with Crippen LogP contribution in [0.1, 0.15) is 18.1 Å². The van der Waals surface area contributed by atoms with Crippen LogP contribution in [0.25, 0.3) is 6.08 Å². The monoisotopic (exact) mass is 606 g/mol. The summed E-state index contributed by atoms with van der Waals surface area (Å²) in [4.78, 5) is 12.5. The summed E-state index contributed by atoms with van der Waals surface area (Å²) in [5.74, 6) is -1.33. The number of nitrogens with one attached hydrogen (secondary N) is 1. The number of carbonyl (C=O) groups excluding carboxylic acids is 1. The van der Waals surface area contributed by atoms with Crippen LogP contribution < -0.4 is 14.2 Å². The van der Waals surface area contributed by atoms with E-state index in [9.17, 15) is 22.9 Å². The topological polar surface area (TPSA) is 105 Å². The minimum atomic E-state index is -4.14. The maximum Gasteiger partial charge on any atom is 0.339 e. The molecule has 0 saturated heterocycles. The van der Waals surface area contributed by atoms with Crippen LogP contribution in [0, 0.1) is 27.6 Å². The average Bonchev–Trinajstić information content (AvgIpc) is 2.81. The van der Waals surface area contributed by atoms with Gasteiger partial charge in [-0.25, -0.2) is 4.39 Å². The molecule has 1 N–H and O–H groups in total. The third-order valence-corrected chi connectivity index (χ3v) is 6.67. The summed E-state index contributed by atoms with van der Waals surface area (Å²) in [5.41, 5.74) is 0.941. The van der Waals surface area contributed by atoms with Gasteiger partial charge in [0.15, 0.2) is 11.5 Å². The first kappa shape index (κ1) is 26.2. The zero-order valence-corrected chi connectivity index (χ0v) is 21.7. The molecular weight excluding hydrogens is 586 g/mol. The standard InChI is InChI=1S/C25H20FIN2O5S/c1-3-33-23-14-17(12-18(15-28)25(30)29-22-7-5-4-6-20(22)26)13-21(27)24(23)34-35(31,32)19-10-8-16(2)9-11-19/h4-14H,3H2,1-2H3,(H,29,30)/b18-12+. The van der Waals surface area contributed by atoms with E-state index in [2.05, 4.69) is 5.32 Å². The Hall–Kier alpha value is -3.43. The number of hydrogen-bond donors (Lipinski definition) is 1. The molecular formula is C25H20FIN2O5S. The minimum absolute atomic E-state index is 0.0121. The first-order valence-electron chi connectivity index (χ1n) is 10.3. The molecule has 3 rings (SSSR count). The van der Waals surface area contributed by atoms with Crippen LogP contribution in [0.4, 0.5) is 10.1 Å². The number of carbonyl (C=O) groups is 1. The van der Waals surface area contributed by atoms with Crippen molar-refractivity contribution in [1.29, 1.82) is 5.26 Å². The molecule has 0 bridgehead atoms. The van der Waals surface area contributed by atoms with E-state index in [4.69, 9.17) is 8.92 Å². The number of nitrogens with zero attached hydrogens (tertiary/aromatic N) is 1. The molecule has 0 atom stereocenters. The number of amides is 1. The van der Waals surface area contributed by atoms with Crippen molar-refractivity contribution in [1.82, 2.24) is 0 Å². The molecule has 0 aliphatic carbocycles. The zero-order chi connectivity index (χ0) is 25.6. The molecule has 0 fully saturated rings. The predicted molar refractivity (Wildman–Crippen MR) is 138 cm³/mol. The second kappa shape index (κ2) is 11.3. The Balaban J connectivity index is 1.95. The van der Waals surface area contributed by atoms with Crippen molar-refractivity contribution in [2.45, 2.75) is 18.7 Å². The van der Waals surface area contributed by atoms with Crippen molar-refractivity contribution < 1.29 is 26.5 Å². The van der Waals surface area contributed by atoms with Gasteiger partial charge in [-0.05, 0) is 84.5 Å². The lowest BCUT2D eigenvalue weighted by atomic mass is 10.1. The van der Waals surface area contributed by atoms with E-state index in [1.54, 1.807) is 31.2 Å². The third kappa shape index (κ3) is 6.58. The van der Waals surface area contributed by atoms with Gasteiger partial charge in [0.25, 0.3) is 5.91 Å². The molecule has 0 spiro atoms. The summed E-state index contributed by atoms with van der Waals surface area (Å²) in [5, 5.41) is 11.8. The van der Waals surface area contributed by atoms with E-state index in [1.165, 1.54) is 48.5 Å². The van der Waals surface area contributed by atoms with Crippen LogP contribution >= 0.6 is 22.6 Å². The molecule has 7 nitrogen and oxygen atoms in total. The van der Waals surface area contributed by atoms with Gasteiger partial charge < -0.3 is 14.2 Å². The lowest BCUT2D eigenvalue weighted by Crippen LogP contribution is -2.14. The summed E-state index contributed by atoms with van der Waals surface area (Å²) in [7, 11) is -4.14. The molecule has 0 saturated carbocycles. The second-order valence-corrected chi connectivity index (χ2v) is 9.93. The summed E-state index contributed by atoms with van der Waals surface area (Å²) in [6.07, 6.45) is 1.29. The maximum atomic E-state index is 13.9. The molecule has 0 radical (unpaired) electrons. The molecule has 0 heterocycles. The fourth-order valence-corrected chi connectivity index (χ4v) is 4.79. The van der Waals surface area contributed by atoms with Crippen LogP contribution in [-0.4, -0.2) is 20.9 Å². The maximum absolute atomic E-state index is 13.9. The van der Waals surface area contributed by atoms with Crippen LogP contribution in [-0.2, 0) is 14.9 Å². The highest BCUT2D eigenvalue weighted by Crippen LogP contribution is 2.37. The molecule has 0 aromatic heterocycles. The van der Waals surface area contributed by atoms with Crippen molar-refractivity contribution in [3.8, 4) is 17.6 Å². The number of nitriles is 1. The van der Waals surface area contributed by atoms with E-state index in [-0.39, 0.29) is 34.3 Å². The third-order valence-electron chi connectivity index (χ3n) is 4.63. The Bertz CT molecular complexity index is 1430. The molecule has 1 amide bonds. The molecule has 0 aliphatic rings. The SMILES string of the molecule is CCOc1cc(/C=C(\C#N)C(=O)Nc2ccccc2F)cc(I)c1OS(=O)(=O)c1ccc(C)cc1. The van der Waals surface area contributed by atoms with Gasteiger partial charge in [-0.2, -0.15) is 13.7 Å². The Kier molecular flexibility index (Phi) is 8.48. The molecule has 0 aliphatic heterocycles. The van der Waals surface area contributed by atoms with Gasteiger partial charge in [-0.15, -0.1) is 0 Å². The summed E-state index contributed by atoms with van der Waals surface area (Å²) < 4.78 is 50.8. The number of rotatable bonds is 8. The highest BCUT2D eigenvalue weighted by molar-refractivity contribution is 14.1. The van der Waals surface area contributed by atoms with Gasteiger partial charge in [0, 0.05) is 0 Å². The van der Waals surface area contributed by atoms with Gasteiger partial charge >= 0.3 is 10.1 Å². The number of para-hydroxylation sites is 1. The Morgan fingerprint density at radius 2 is 1.86 bits per heavy atom. The molecule has 10 heteroatoms. The Labute approximate surface area is 216 Å². The largest absolute Gasteiger partial charge is 0.490 e. The first-order valence-corrected chi connectivity index (χ1v) is 12.8.